The van der Waals surface area contributed by atoms with Crippen molar-refractivity contribution in [2.45, 2.75) is 37.1 Å². The van der Waals surface area contributed by atoms with E-state index in [9.17, 15) is 18.7 Å². The Balaban J connectivity index is 1.82. The van der Waals surface area contributed by atoms with Gasteiger partial charge in [0.05, 0.1) is 18.6 Å². The van der Waals surface area contributed by atoms with Crippen molar-refractivity contribution in [1.29, 1.82) is 0 Å². The molecule has 1 fully saturated rings. The number of halogens is 3. The Hall–Kier alpha value is -1.98. The monoisotopic (exact) mass is 393 g/mol. The summed E-state index contributed by atoms with van der Waals surface area (Å²) in [6.45, 7) is -0.342. The summed E-state index contributed by atoms with van der Waals surface area (Å²) in [4.78, 5) is 12.9. The molecule has 0 bridgehead atoms. The lowest BCUT2D eigenvalue weighted by molar-refractivity contribution is -0.134. The third kappa shape index (κ3) is 4.85. The standard InChI is InChI=1S/C21H22ClF2NO2/c22-16-8-4-7-15(11-16)19(13-26)25-20(27)18-12-21(23,24)10-9-17(18)14-5-2-1-3-6-14/h1-8,11,17-19,26H,9-10,12-13H2,(H,25,27)/t17-,18+,19+/m1/s1. The molecule has 3 nitrogen and oxygen atoms in total. The number of benzene rings is 2. The van der Waals surface area contributed by atoms with Gasteiger partial charge >= 0.3 is 0 Å². The quantitative estimate of drug-likeness (QED) is 0.773. The molecule has 0 aromatic heterocycles. The van der Waals surface area contributed by atoms with Crippen LogP contribution >= 0.6 is 11.6 Å². The topological polar surface area (TPSA) is 49.3 Å². The van der Waals surface area contributed by atoms with Crippen molar-refractivity contribution in [3.8, 4) is 0 Å². The first-order chi connectivity index (χ1) is 12.9. The largest absolute Gasteiger partial charge is 0.394 e. The fourth-order valence-corrected chi connectivity index (χ4v) is 3.94. The van der Waals surface area contributed by atoms with Crippen LogP contribution in [0, 0.1) is 5.92 Å². The third-order valence-corrected chi connectivity index (χ3v) is 5.38. The van der Waals surface area contributed by atoms with E-state index < -0.39 is 30.2 Å². The second-order valence-corrected chi connectivity index (χ2v) is 7.46. The van der Waals surface area contributed by atoms with Gasteiger partial charge < -0.3 is 10.4 Å². The predicted molar refractivity (Wildman–Crippen MR) is 101 cm³/mol. The van der Waals surface area contributed by atoms with E-state index in [0.717, 1.165) is 5.56 Å². The smallest absolute Gasteiger partial charge is 0.249 e. The van der Waals surface area contributed by atoms with Crippen molar-refractivity contribution in [1.82, 2.24) is 5.32 Å². The molecule has 1 amide bonds. The van der Waals surface area contributed by atoms with E-state index in [1.807, 2.05) is 30.3 Å². The van der Waals surface area contributed by atoms with E-state index in [0.29, 0.717) is 10.6 Å². The highest BCUT2D eigenvalue weighted by Gasteiger charge is 2.45. The van der Waals surface area contributed by atoms with Crippen LogP contribution in [0.1, 0.15) is 42.3 Å². The second-order valence-electron chi connectivity index (χ2n) is 7.02. The first-order valence-electron chi connectivity index (χ1n) is 8.99. The van der Waals surface area contributed by atoms with Crippen LogP contribution < -0.4 is 5.32 Å². The van der Waals surface area contributed by atoms with Gasteiger partial charge in [0, 0.05) is 17.9 Å². The Morgan fingerprint density at radius 3 is 2.63 bits per heavy atom. The average Bonchev–Trinajstić information content (AvgIpc) is 2.66. The molecule has 2 aromatic rings. The van der Waals surface area contributed by atoms with Gasteiger partial charge in [-0.2, -0.15) is 0 Å². The van der Waals surface area contributed by atoms with Gasteiger partial charge in [-0.05, 0) is 35.6 Å². The molecular formula is C21H22ClF2NO2. The van der Waals surface area contributed by atoms with E-state index >= 15 is 0 Å². The van der Waals surface area contributed by atoms with Crippen molar-refractivity contribution in [3.05, 3.63) is 70.7 Å². The fraction of sp³-hybridized carbons (Fsp3) is 0.381. The van der Waals surface area contributed by atoms with Crippen LogP contribution in [0.2, 0.25) is 5.02 Å². The van der Waals surface area contributed by atoms with Crippen LogP contribution in [0.3, 0.4) is 0 Å². The maximum Gasteiger partial charge on any atom is 0.249 e. The lowest BCUT2D eigenvalue weighted by atomic mass is 9.73. The van der Waals surface area contributed by atoms with Gasteiger partial charge in [-0.15, -0.1) is 0 Å². The van der Waals surface area contributed by atoms with Crippen molar-refractivity contribution in [2.75, 3.05) is 6.61 Å². The zero-order chi connectivity index (χ0) is 19.4. The summed E-state index contributed by atoms with van der Waals surface area (Å²) < 4.78 is 28.1. The first-order valence-corrected chi connectivity index (χ1v) is 9.37. The summed E-state index contributed by atoms with van der Waals surface area (Å²) in [6, 6.07) is 15.4. The van der Waals surface area contributed by atoms with Crippen molar-refractivity contribution in [3.63, 3.8) is 0 Å². The Labute approximate surface area is 162 Å². The van der Waals surface area contributed by atoms with Crippen molar-refractivity contribution in [2.24, 2.45) is 5.92 Å². The minimum absolute atomic E-state index is 0.228. The minimum Gasteiger partial charge on any atom is -0.394 e. The molecule has 0 heterocycles. The second kappa shape index (κ2) is 8.36. The van der Waals surface area contributed by atoms with Crippen molar-refractivity contribution < 1.29 is 18.7 Å². The lowest BCUT2D eigenvalue weighted by Crippen LogP contribution is -2.43. The molecule has 2 aromatic carbocycles. The molecule has 0 spiro atoms. The van der Waals surface area contributed by atoms with E-state index in [-0.39, 0.29) is 25.4 Å². The number of hydrogen-bond donors (Lipinski definition) is 2. The minimum atomic E-state index is -2.86. The highest BCUT2D eigenvalue weighted by Crippen LogP contribution is 2.45. The molecule has 0 aliphatic heterocycles. The van der Waals surface area contributed by atoms with Crippen LogP contribution in [0.15, 0.2) is 54.6 Å². The molecule has 0 radical (unpaired) electrons. The number of aliphatic hydroxyl groups excluding tert-OH is 1. The van der Waals surface area contributed by atoms with Gasteiger partial charge in [0.25, 0.3) is 0 Å². The number of nitrogens with one attached hydrogen (secondary N) is 1. The SMILES string of the molecule is O=C(N[C@@H](CO)c1cccc(Cl)c1)[C@H]1CC(F)(F)CC[C@@H]1c1ccccc1. The van der Waals surface area contributed by atoms with Gasteiger partial charge in [0.1, 0.15) is 0 Å². The number of amides is 1. The number of hydrogen-bond acceptors (Lipinski definition) is 2. The number of carbonyl (C=O) groups excluding carboxylic acids is 1. The third-order valence-electron chi connectivity index (χ3n) is 5.14. The number of alkyl halides is 2. The van der Waals surface area contributed by atoms with Crippen LogP contribution in [0.25, 0.3) is 0 Å². The number of rotatable bonds is 5. The highest BCUT2D eigenvalue weighted by molar-refractivity contribution is 6.30. The average molecular weight is 394 g/mol. The maximum atomic E-state index is 14.1. The molecule has 6 heteroatoms. The maximum absolute atomic E-state index is 14.1. The first kappa shape index (κ1) is 19.8. The molecule has 144 valence electrons. The fourth-order valence-electron chi connectivity index (χ4n) is 3.75. The molecule has 3 rings (SSSR count). The van der Waals surface area contributed by atoms with Gasteiger partial charge in [0.2, 0.25) is 11.8 Å². The van der Waals surface area contributed by atoms with E-state index in [1.54, 1.807) is 24.3 Å². The number of aliphatic hydroxyl groups is 1. The number of carbonyl (C=O) groups is 1. The van der Waals surface area contributed by atoms with Crippen molar-refractivity contribution >= 4 is 17.5 Å². The van der Waals surface area contributed by atoms with Gasteiger partial charge in [-0.1, -0.05) is 54.1 Å². The molecule has 1 aliphatic carbocycles. The molecule has 2 N–H and O–H groups in total. The van der Waals surface area contributed by atoms with Gasteiger partial charge in [-0.25, -0.2) is 8.78 Å². The summed E-state index contributed by atoms with van der Waals surface area (Å²) in [6.07, 6.45) is -0.476. The van der Waals surface area contributed by atoms with E-state index in [1.165, 1.54) is 0 Å². The predicted octanol–water partition coefficient (Wildman–Crippen LogP) is 4.71. The Bertz CT molecular complexity index is 785. The summed E-state index contributed by atoms with van der Waals surface area (Å²) in [7, 11) is 0. The molecule has 27 heavy (non-hydrogen) atoms. The Morgan fingerprint density at radius 2 is 1.96 bits per heavy atom. The summed E-state index contributed by atoms with van der Waals surface area (Å²) in [5.74, 6) is -4.46. The normalized spacial score (nSPS) is 22.8. The zero-order valence-corrected chi connectivity index (χ0v) is 15.5. The zero-order valence-electron chi connectivity index (χ0n) is 14.7. The van der Waals surface area contributed by atoms with Gasteiger partial charge in [0.15, 0.2) is 0 Å². The Morgan fingerprint density at radius 1 is 1.22 bits per heavy atom. The van der Waals surface area contributed by atoms with Crippen LogP contribution in [-0.4, -0.2) is 23.5 Å². The van der Waals surface area contributed by atoms with E-state index in [2.05, 4.69) is 5.32 Å². The molecular weight excluding hydrogens is 372 g/mol. The van der Waals surface area contributed by atoms with E-state index in [4.69, 9.17) is 11.6 Å². The van der Waals surface area contributed by atoms with Crippen LogP contribution in [0.5, 0.6) is 0 Å². The lowest BCUT2D eigenvalue weighted by Gasteiger charge is -2.36. The Kier molecular flexibility index (Phi) is 6.12. The summed E-state index contributed by atoms with van der Waals surface area (Å²) >= 11 is 5.98. The molecule has 0 unspecified atom stereocenters. The summed E-state index contributed by atoms with van der Waals surface area (Å²) in [5, 5.41) is 12.9. The van der Waals surface area contributed by atoms with Crippen LogP contribution in [0.4, 0.5) is 8.78 Å². The summed E-state index contributed by atoms with van der Waals surface area (Å²) in [5.41, 5.74) is 1.52. The van der Waals surface area contributed by atoms with Crippen LogP contribution in [-0.2, 0) is 4.79 Å². The molecule has 1 aliphatic rings. The highest BCUT2D eigenvalue weighted by atomic mass is 35.5. The molecule has 0 saturated heterocycles. The molecule has 3 atom stereocenters. The van der Waals surface area contributed by atoms with Gasteiger partial charge in [-0.3, -0.25) is 4.79 Å². The molecule has 1 saturated carbocycles.